The van der Waals surface area contributed by atoms with Crippen molar-refractivity contribution in [1.82, 2.24) is 5.32 Å². The van der Waals surface area contributed by atoms with Gasteiger partial charge in [-0.25, -0.2) is 9.18 Å². The summed E-state index contributed by atoms with van der Waals surface area (Å²) in [5, 5.41) is 26.3. The summed E-state index contributed by atoms with van der Waals surface area (Å²) in [7, 11) is 0. The van der Waals surface area contributed by atoms with Gasteiger partial charge in [-0.15, -0.1) is 0 Å². The van der Waals surface area contributed by atoms with Crippen molar-refractivity contribution in [2.75, 3.05) is 13.2 Å². The van der Waals surface area contributed by atoms with Crippen LogP contribution in [0.15, 0.2) is 36.4 Å². The fraction of sp³-hybridized carbons (Fsp3) is 0.792. The molecular weight excluding hydrogens is 862 g/mol. The molecule has 4 saturated heterocycles. The minimum Gasteiger partial charge on any atom is -0.435 e. The van der Waals surface area contributed by atoms with E-state index in [0.717, 1.165) is 12.0 Å². The molecular formula is C53H82FNO12. The lowest BCUT2D eigenvalue weighted by Gasteiger charge is -2.54. The largest absolute Gasteiger partial charge is 0.509 e. The van der Waals surface area contributed by atoms with Crippen LogP contribution in [0.25, 0.3) is 0 Å². The van der Waals surface area contributed by atoms with Crippen LogP contribution in [0.1, 0.15) is 146 Å². The molecule has 6 rings (SSSR count). The van der Waals surface area contributed by atoms with E-state index in [0.29, 0.717) is 70.8 Å². The molecule has 3 N–H and O–H groups in total. The van der Waals surface area contributed by atoms with E-state index < -0.39 is 71.1 Å². The number of hydrogen-bond acceptors (Lipinski definition) is 12. The zero-order valence-corrected chi connectivity index (χ0v) is 42.1. The average molecular weight is 944 g/mol. The summed E-state index contributed by atoms with van der Waals surface area (Å²) in [4.78, 5) is 41.2. The standard InChI is InChI=1S/C53H82FNO12/c1-12-39(48(58)55-29-24-37-17-19-38(54)20-18-37)41-21-16-31(5)46(63-41)35(9)44(56)34(8)45(57)40(13-2)47-32(6)30-33(7)52(65-47)26-23-43(64-49(59)61-15-4)53(67-52)28-27-50(11,66-53)42-22-25-51(60,14-3)36(10)62-42/h17-20,23,26,31-36,39-44,46-47,56,60H,12-16,21-22,24-25,27-30H2,1-11H3,(H,55,58)/t31-,32-,33+,34-,35-,36-,39+,40-,41+,42+,43+,44+,46+,47-,50-,51+,52-,53-/m0/s1. The predicted octanol–water partition coefficient (Wildman–Crippen LogP) is 8.78. The first-order valence-corrected chi connectivity index (χ1v) is 25.6. The fourth-order valence-electron chi connectivity index (χ4n) is 12.0. The van der Waals surface area contributed by atoms with Crippen molar-refractivity contribution >= 4 is 17.8 Å². The number of rotatable bonds is 17. The number of carbonyl (C=O) groups excluding carboxylic acids is 3. The maximum Gasteiger partial charge on any atom is 0.509 e. The molecule has 0 unspecified atom stereocenters. The Morgan fingerprint density at radius 3 is 2.24 bits per heavy atom. The van der Waals surface area contributed by atoms with E-state index in [4.69, 9.17) is 33.2 Å². The van der Waals surface area contributed by atoms with Gasteiger partial charge in [0.05, 0.1) is 60.4 Å². The van der Waals surface area contributed by atoms with Crippen LogP contribution in [0, 0.1) is 47.2 Å². The van der Waals surface area contributed by atoms with Gasteiger partial charge < -0.3 is 48.7 Å². The number of carbonyl (C=O) groups is 3. The molecule has 4 fully saturated rings. The van der Waals surface area contributed by atoms with Crippen molar-refractivity contribution in [2.24, 2.45) is 41.4 Å². The van der Waals surface area contributed by atoms with Crippen molar-refractivity contribution in [3.8, 4) is 0 Å². The van der Waals surface area contributed by atoms with Crippen LogP contribution in [0.4, 0.5) is 9.18 Å². The minimum atomic E-state index is -1.47. The van der Waals surface area contributed by atoms with Crippen LogP contribution in [0.5, 0.6) is 0 Å². The van der Waals surface area contributed by atoms with E-state index in [-0.39, 0.29) is 66.1 Å². The quantitative estimate of drug-likeness (QED) is 0.101. The molecule has 5 heterocycles. The van der Waals surface area contributed by atoms with Crippen molar-refractivity contribution in [1.29, 1.82) is 0 Å². The van der Waals surface area contributed by atoms with Crippen molar-refractivity contribution in [2.45, 2.75) is 212 Å². The van der Waals surface area contributed by atoms with Gasteiger partial charge in [0.2, 0.25) is 11.7 Å². The number of nitrogens with one attached hydrogen (secondary N) is 1. The van der Waals surface area contributed by atoms with E-state index in [9.17, 15) is 29.0 Å². The highest BCUT2D eigenvalue weighted by Crippen LogP contribution is 2.54. The number of ketones is 1. The molecule has 0 aliphatic carbocycles. The van der Waals surface area contributed by atoms with E-state index >= 15 is 0 Å². The summed E-state index contributed by atoms with van der Waals surface area (Å²) in [6.07, 6.45) is 5.06. The highest BCUT2D eigenvalue weighted by Gasteiger charge is 2.64. The molecule has 67 heavy (non-hydrogen) atoms. The number of benzene rings is 1. The summed E-state index contributed by atoms with van der Waals surface area (Å²) in [5.41, 5.74) is -0.844. The van der Waals surface area contributed by atoms with Crippen molar-refractivity contribution in [3.63, 3.8) is 0 Å². The van der Waals surface area contributed by atoms with E-state index in [2.05, 4.69) is 26.1 Å². The second-order valence-corrected chi connectivity index (χ2v) is 21.0. The molecule has 5 aliphatic rings. The third-order valence-electron chi connectivity index (χ3n) is 16.6. The Labute approximate surface area is 398 Å². The van der Waals surface area contributed by atoms with Crippen LogP contribution >= 0.6 is 0 Å². The molecule has 0 aromatic heterocycles. The highest BCUT2D eigenvalue weighted by atomic mass is 19.1. The van der Waals surface area contributed by atoms with Gasteiger partial charge >= 0.3 is 6.16 Å². The first-order chi connectivity index (χ1) is 31.7. The first-order valence-electron chi connectivity index (χ1n) is 25.6. The summed E-state index contributed by atoms with van der Waals surface area (Å²) >= 11 is 0. The molecule has 14 heteroatoms. The number of hydrogen-bond donors (Lipinski definition) is 3. The maximum atomic E-state index is 14.8. The summed E-state index contributed by atoms with van der Waals surface area (Å²) in [6.45, 7) is 22.0. The average Bonchev–Trinajstić information content (AvgIpc) is 3.64. The lowest BCUT2D eigenvalue weighted by Crippen LogP contribution is -2.63. The van der Waals surface area contributed by atoms with Crippen LogP contribution in [-0.4, -0.2) is 107 Å². The number of amides is 1. The highest BCUT2D eigenvalue weighted by molar-refractivity contribution is 5.84. The second kappa shape index (κ2) is 22.0. The molecule has 2 spiro atoms. The predicted molar refractivity (Wildman–Crippen MR) is 250 cm³/mol. The molecule has 5 aliphatic heterocycles. The number of Topliss-reactive ketones (excluding diaryl/α,β-unsaturated/α-hetero) is 1. The molecule has 0 radical (unpaired) electrons. The molecule has 0 saturated carbocycles. The van der Waals surface area contributed by atoms with Gasteiger partial charge in [-0.3, -0.25) is 9.59 Å². The smallest absolute Gasteiger partial charge is 0.435 e. The number of halogens is 1. The maximum absolute atomic E-state index is 14.8. The van der Waals surface area contributed by atoms with Gasteiger partial charge in [0.1, 0.15) is 11.6 Å². The third kappa shape index (κ3) is 11.3. The molecule has 1 aromatic carbocycles. The Bertz CT molecular complexity index is 1870. The fourth-order valence-corrected chi connectivity index (χ4v) is 12.0. The molecule has 0 bridgehead atoms. The van der Waals surface area contributed by atoms with Gasteiger partial charge in [0, 0.05) is 36.6 Å². The monoisotopic (exact) mass is 944 g/mol. The van der Waals surface area contributed by atoms with Crippen LogP contribution < -0.4 is 5.32 Å². The first kappa shape index (κ1) is 53.4. The zero-order valence-electron chi connectivity index (χ0n) is 42.1. The Balaban J connectivity index is 1.16. The molecule has 1 amide bonds. The van der Waals surface area contributed by atoms with E-state index in [1.807, 2.05) is 41.5 Å². The zero-order chi connectivity index (χ0) is 49.1. The van der Waals surface area contributed by atoms with Crippen molar-refractivity contribution in [3.05, 3.63) is 47.8 Å². The minimum absolute atomic E-state index is 0.0442. The van der Waals surface area contributed by atoms with Gasteiger partial charge in [0.15, 0.2) is 11.9 Å². The van der Waals surface area contributed by atoms with Crippen molar-refractivity contribution < 1.29 is 62.1 Å². The van der Waals surface area contributed by atoms with E-state index in [1.54, 1.807) is 38.1 Å². The third-order valence-corrected chi connectivity index (χ3v) is 16.6. The lowest BCUT2D eigenvalue weighted by atomic mass is 9.72. The molecule has 378 valence electrons. The van der Waals surface area contributed by atoms with Crippen LogP contribution in [0.2, 0.25) is 0 Å². The lowest BCUT2D eigenvalue weighted by molar-refractivity contribution is -0.408. The number of ether oxygens (including phenoxy) is 7. The SMILES string of the molecule is CCOC(=O)O[C@@H]1C=C[C@]2(O[C@H]([C@@H](CC)C(=O)[C@@H](C)[C@@H](O)[C@H](C)[C@@H]3O[C@@H]([C@@H](CC)C(=O)NCCc4ccc(F)cc4)CC[C@@H]3C)[C@@H](C)C[C@H]2C)O[C@@]12CC[C@@](C)([C@H]1CC[C@](O)(CC)[C@H](C)O1)O2. The Hall–Kier alpha value is -2.98. The van der Waals surface area contributed by atoms with Gasteiger partial charge in [0.25, 0.3) is 0 Å². The summed E-state index contributed by atoms with van der Waals surface area (Å²) in [6, 6.07) is 6.28. The summed E-state index contributed by atoms with van der Waals surface area (Å²) < 4.78 is 59.0. The van der Waals surface area contributed by atoms with Gasteiger partial charge in [-0.2, -0.15) is 0 Å². The number of aliphatic hydroxyl groups excluding tert-OH is 1. The van der Waals surface area contributed by atoms with Crippen LogP contribution in [-0.2, 0) is 49.2 Å². The van der Waals surface area contributed by atoms with Gasteiger partial charge in [-0.1, -0.05) is 67.5 Å². The van der Waals surface area contributed by atoms with Gasteiger partial charge in [-0.05, 0) is 127 Å². The molecule has 1 aromatic rings. The van der Waals surface area contributed by atoms with E-state index in [1.165, 1.54) is 12.1 Å². The second-order valence-electron chi connectivity index (χ2n) is 21.0. The Kier molecular flexibility index (Phi) is 17.5. The Morgan fingerprint density at radius 2 is 1.60 bits per heavy atom. The normalized spacial score (nSPS) is 38.7. The molecule has 13 nitrogen and oxygen atoms in total. The number of aliphatic hydroxyl groups is 2. The van der Waals surface area contributed by atoms with Crippen LogP contribution in [0.3, 0.4) is 0 Å². The topological polar surface area (TPSA) is 168 Å². The molecule has 18 atom stereocenters. The Morgan fingerprint density at radius 1 is 0.896 bits per heavy atom. The summed E-state index contributed by atoms with van der Waals surface area (Å²) in [5.74, 6) is -5.56.